The summed E-state index contributed by atoms with van der Waals surface area (Å²) in [6.07, 6.45) is 1.18. The molecule has 0 radical (unpaired) electrons. The number of hydrogen-bond donors (Lipinski definition) is 1. The molecule has 1 aromatic heterocycles. The quantitative estimate of drug-likeness (QED) is 0.782. The highest BCUT2D eigenvalue weighted by atomic mass is 32.1. The van der Waals surface area contributed by atoms with Crippen LogP contribution in [0.4, 0.5) is 0 Å². The Hall–Kier alpha value is -1.36. The van der Waals surface area contributed by atoms with Crippen LogP contribution >= 0.6 is 12.2 Å². The Labute approximate surface area is 118 Å². The monoisotopic (exact) mass is 277 g/mol. The van der Waals surface area contributed by atoms with E-state index in [-0.39, 0.29) is 5.56 Å². The van der Waals surface area contributed by atoms with Gasteiger partial charge in [0.05, 0.1) is 0 Å². The van der Waals surface area contributed by atoms with Crippen molar-refractivity contribution >= 4 is 17.3 Å². The molecule has 0 saturated carbocycles. The molecule has 1 aromatic rings. The van der Waals surface area contributed by atoms with Gasteiger partial charge in [0.2, 0.25) is 0 Å². The van der Waals surface area contributed by atoms with Crippen molar-refractivity contribution in [1.29, 1.82) is 0 Å². The zero-order valence-electron chi connectivity index (χ0n) is 11.1. The van der Waals surface area contributed by atoms with E-state index >= 15 is 0 Å². The van der Waals surface area contributed by atoms with Crippen LogP contribution in [0.25, 0.3) is 0 Å². The summed E-state index contributed by atoms with van der Waals surface area (Å²) in [5.41, 5.74) is 1.31. The standard InChI is InChI=1S/C14H19N3OS/c1-2-15-14(19)16-7-10-6-11(9-16)12-4-3-5-13(18)17(12)8-10/h3-5,10-11H,2,6-9H2,1H3,(H,15,19)/t10?,11-/m0/s1. The van der Waals surface area contributed by atoms with Crippen molar-refractivity contribution in [3.8, 4) is 0 Å². The molecule has 2 atom stereocenters. The first-order valence-corrected chi connectivity index (χ1v) is 7.32. The molecule has 0 spiro atoms. The van der Waals surface area contributed by atoms with Gasteiger partial charge in [-0.15, -0.1) is 0 Å². The molecule has 2 aliphatic heterocycles. The van der Waals surface area contributed by atoms with Gasteiger partial charge in [-0.3, -0.25) is 4.79 Å². The second-order valence-corrected chi connectivity index (χ2v) is 5.83. The topological polar surface area (TPSA) is 37.3 Å². The van der Waals surface area contributed by atoms with E-state index in [1.54, 1.807) is 6.07 Å². The first-order valence-electron chi connectivity index (χ1n) is 6.91. The minimum atomic E-state index is 0.134. The molecule has 1 unspecified atom stereocenters. The number of piperidine rings is 1. The fourth-order valence-corrected chi connectivity index (χ4v) is 3.62. The van der Waals surface area contributed by atoms with E-state index in [0.29, 0.717) is 11.8 Å². The van der Waals surface area contributed by atoms with E-state index in [9.17, 15) is 4.79 Å². The predicted molar refractivity (Wildman–Crippen MR) is 79.4 cm³/mol. The van der Waals surface area contributed by atoms with Crippen LogP contribution in [0.15, 0.2) is 23.0 Å². The highest BCUT2D eigenvalue weighted by molar-refractivity contribution is 7.80. The molecule has 5 heteroatoms. The van der Waals surface area contributed by atoms with Crippen molar-refractivity contribution in [2.24, 2.45) is 5.92 Å². The summed E-state index contributed by atoms with van der Waals surface area (Å²) in [4.78, 5) is 14.2. The maximum absolute atomic E-state index is 11.9. The van der Waals surface area contributed by atoms with E-state index in [1.165, 1.54) is 12.1 Å². The summed E-state index contributed by atoms with van der Waals surface area (Å²) in [6.45, 7) is 5.64. The van der Waals surface area contributed by atoms with Gasteiger partial charge in [-0.05, 0) is 37.5 Å². The van der Waals surface area contributed by atoms with E-state index in [1.807, 2.05) is 10.6 Å². The summed E-state index contributed by atoms with van der Waals surface area (Å²) in [6, 6.07) is 5.61. The molecule has 2 aliphatic rings. The third-order valence-corrected chi connectivity index (χ3v) is 4.50. The van der Waals surface area contributed by atoms with Crippen molar-refractivity contribution in [2.75, 3.05) is 19.6 Å². The Bertz CT molecular complexity index is 554. The Morgan fingerprint density at radius 3 is 3.05 bits per heavy atom. The molecule has 1 N–H and O–H groups in total. The fraction of sp³-hybridized carbons (Fsp3) is 0.571. The summed E-state index contributed by atoms with van der Waals surface area (Å²) < 4.78 is 1.95. The zero-order chi connectivity index (χ0) is 13.4. The molecule has 4 nitrogen and oxygen atoms in total. The normalized spacial score (nSPS) is 24.8. The number of thiocarbonyl (C=S) groups is 1. The maximum Gasteiger partial charge on any atom is 0.250 e. The first kappa shape index (κ1) is 12.7. The molecule has 102 valence electrons. The molecule has 0 amide bonds. The van der Waals surface area contributed by atoms with Crippen molar-refractivity contribution in [3.63, 3.8) is 0 Å². The SMILES string of the molecule is CCNC(=S)N1CC2C[C@@H](C1)c1cccc(=O)n1C2. The average molecular weight is 277 g/mol. The average Bonchev–Trinajstić information content (AvgIpc) is 2.40. The molecule has 0 aliphatic carbocycles. The van der Waals surface area contributed by atoms with Crippen LogP contribution in [0.2, 0.25) is 0 Å². The molecule has 1 saturated heterocycles. The lowest BCUT2D eigenvalue weighted by Crippen LogP contribution is -2.51. The van der Waals surface area contributed by atoms with Gasteiger partial charge >= 0.3 is 0 Å². The number of fused-ring (bicyclic) bond motifs is 4. The Kier molecular flexibility index (Phi) is 3.31. The third-order valence-electron chi connectivity index (χ3n) is 4.09. The van der Waals surface area contributed by atoms with Crippen LogP contribution in [0.1, 0.15) is 25.0 Å². The molecular formula is C14H19N3OS. The number of pyridine rings is 1. The van der Waals surface area contributed by atoms with Crippen LogP contribution < -0.4 is 10.9 Å². The van der Waals surface area contributed by atoms with Gasteiger partial charge in [-0.1, -0.05) is 6.07 Å². The van der Waals surface area contributed by atoms with Gasteiger partial charge in [0, 0.05) is 43.9 Å². The number of nitrogens with zero attached hydrogens (tertiary/aromatic N) is 2. The molecule has 0 aromatic carbocycles. The number of nitrogens with one attached hydrogen (secondary N) is 1. The van der Waals surface area contributed by atoms with Crippen LogP contribution in [-0.2, 0) is 6.54 Å². The smallest absolute Gasteiger partial charge is 0.250 e. The van der Waals surface area contributed by atoms with E-state index < -0.39 is 0 Å². The Balaban J connectivity index is 1.88. The van der Waals surface area contributed by atoms with Gasteiger partial charge < -0.3 is 14.8 Å². The molecule has 3 heterocycles. The summed E-state index contributed by atoms with van der Waals surface area (Å²) in [5.74, 6) is 0.959. The van der Waals surface area contributed by atoms with Crippen molar-refractivity contribution in [1.82, 2.24) is 14.8 Å². The lowest BCUT2D eigenvalue weighted by molar-refractivity contribution is 0.177. The molecule has 1 fully saturated rings. The molecule has 3 rings (SSSR count). The van der Waals surface area contributed by atoms with Gasteiger partial charge in [-0.25, -0.2) is 0 Å². The highest BCUT2D eigenvalue weighted by Gasteiger charge is 2.35. The van der Waals surface area contributed by atoms with E-state index in [4.69, 9.17) is 12.2 Å². The maximum atomic E-state index is 11.9. The van der Waals surface area contributed by atoms with Crippen molar-refractivity contribution < 1.29 is 0 Å². The van der Waals surface area contributed by atoms with Crippen LogP contribution in [-0.4, -0.2) is 34.2 Å². The predicted octanol–water partition coefficient (Wildman–Crippen LogP) is 1.16. The number of aromatic nitrogens is 1. The van der Waals surface area contributed by atoms with Crippen LogP contribution in [0, 0.1) is 5.92 Å². The van der Waals surface area contributed by atoms with E-state index in [2.05, 4.69) is 23.2 Å². The number of rotatable bonds is 1. The minimum Gasteiger partial charge on any atom is -0.363 e. The summed E-state index contributed by atoms with van der Waals surface area (Å²) in [7, 11) is 0. The van der Waals surface area contributed by atoms with E-state index in [0.717, 1.165) is 31.3 Å². The van der Waals surface area contributed by atoms with Gasteiger partial charge in [0.15, 0.2) is 5.11 Å². The number of hydrogen-bond acceptors (Lipinski definition) is 2. The second kappa shape index (κ2) is 4.96. The Morgan fingerprint density at radius 2 is 2.26 bits per heavy atom. The van der Waals surface area contributed by atoms with Gasteiger partial charge in [0.1, 0.15) is 0 Å². The minimum absolute atomic E-state index is 0.134. The molecule has 2 bridgehead atoms. The second-order valence-electron chi connectivity index (χ2n) is 5.44. The molecular weight excluding hydrogens is 258 g/mol. The van der Waals surface area contributed by atoms with Gasteiger partial charge in [0.25, 0.3) is 5.56 Å². The lowest BCUT2D eigenvalue weighted by atomic mass is 9.83. The van der Waals surface area contributed by atoms with Crippen molar-refractivity contribution in [2.45, 2.75) is 25.8 Å². The number of likely N-dealkylation sites (tertiary alicyclic amines) is 1. The zero-order valence-corrected chi connectivity index (χ0v) is 11.9. The fourth-order valence-electron chi connectivity index (χ4n) is 3.33. The van der Waals surface area contributed by atoms with Crippen molar-refractivity contribution in [3.05, 3.63) is 34.2 Å². The first-order chi connectivity index (χ1) is 9.19. The summed E-state index contributed by atoms with van der Waals surface area (Å²) >= 11 is 5.42. The van der Waals surface area contributed by atoms with Gasteiger partial charge in [-0.2, -0.15) is 0 Å². The third kappa shape index (κ3) is 2.27. The van der Waals surface area contributed by atoms with Crippen LogP contribution in [0.3, 0.4) is 0 Å². The molecule has 19 heavy (non-hydrogen) atoms. The largest absolute Gasteiger partial charge is 0.363 e. The summed E-state index contributed by atoms with van der Waals surface area (Å²) in [5, 5.41) is 4.08. The van der Waals surface area contributed by atoms with Crippen LogP contribution in [0.5, 0.6) is 0 Å². The lowest BCUT2D eigenvalue weighted by Gasteiger charge is -2.43. The Morgan fingerprint density at radius 1 is 1.42 bits per heavy atom. The highest BCUT2D eigenvalue weighted by Crippen LogP contribution is 2.34.